The summed E-state index contributed by atoms with van der Waals surface area (Å²) in [6.45, 7) is 1.81. The largest absolute Gasteiger partial charge is 0.481 e. The van der Waals surface area contributed by atoms with Crippen LogP contribution in [0.1, 0.15) is 30.9 Å². The van der Waals surface area contributed by atoms with E-state index in [0.29, 0.717) is 5.92 Å². The van der Waals surface area contributed by atoms with Gasteiger partial charge in [0.2, 0.25) is 0 Å². The smallest absolute Gasteiger partial charge is 0.307 e. The van der Waals surface area contributed by atoms with Crippen molar-refractivity contribution in [3.8, 4) is 0 Å². The Morgan fingerprint density at radius 1 is 1.50 bits per heavy atom. The van der Waals surface area contributed by atoms with Crippen molar-refractivity contribution in [1.29, 1.82) is 0 Å². The number of benzene rings is 1. The van der Waals surface area contributed by atoms with Gasteiger partial charge in [-0.15, -0.1) is 0 Å². The lowest BCUT2D eigenvalue weighted by molar-refractivity contribution is -0.136. The van der Waals surface area contributed by atoms with Gasteiger partial charge >= 0.3 is 5.97 Å². The summed E-state index contributed by atoms with van der Waals surface area (Å²) in [5.41, 5.74) is 0.758. The van der Waals surface area contributed by atoms with Crippen LogP contribution in [-0.2, 0) is 16.8 Å². The van der Waals surface area contributed by atoms with Crippen LogP contribution in [0.15, 0.2) is 24.3 Å². The average molecular weight is 220 g/mol. The Hall–Kier alpha value is -1.35. The fourth-order valence-corrected chi connectivity index (χ4v) is 2.05. The molecule has 1 aromatic rings. The lowest BCUT2D eigenvalue weighted by Crippen LogP contribution is -2.23. The van der Waals surface area contributed by atoms with Crippen LogP contribution in [0, 0.1) is 5.92 Å². The number of carboxylic acid groups (broad SMARTS) is 1. The molecule has 0 heterocycles. The highest BCUT2D eigenvalue weighted by Crippen LogP contribution is 2.45. The normalized spacial score (nSPS) is 19.1. The molecule has 0 aliphatic heterocycles. The molecule has 2 rings (SSSR count). The average Bonchev–Trinajstić information content (AvgIpc) is 3.00. The number of rotatable bonds is 4. The van der Waals surface area contributed by atoms with Crippen molar-refractivity contribution in [2.75, 3.05) is 0 Å². The van der Waals surface area contributed by atoms with E-state index in [1.807, 2.05) is 19.1 Å². The number of carbonyl (C=O) groups is 1. The molecule has 1 aliphatic rings. The van der Waals surface area contributed by atoms with Crippen molar-refractivity contribution in [3.63, 3.8) is 0 Å². The molecule has 0 aromatic heterocycles. The van der Waals surface area contributed by atoms with E-state index in [0.717, 1.165) is 24.0 Å². The Morgan fingerprint density at radius 2 is 2.19 bits per heavy atom. The van der Waals surface area contributed by atoms with Crippen LogP contribution in [0.3, 0.4) is 0 Å². The van der Waals surface area contributed by atoms with Gasteiger partial charge in [0.05, 0.1) is 12.0 Å². The number of hydrogen-bond acceptors (Lipinski definition) is 2. The van der Waals surface area contributed by atoms with Gasteiger partial charge in [0.1, 0.15) is 0 Å². The topological polar surface area (TPSA) is 57.5 Å². The molecule has 3 nitrogen and oxygen atoms in total. The van der Waals surface area contributed by atoms with E-state index >= 15 is 0 Å². The molecule has 3 heteroatoms. The van der Waals surface area contributed by atoms with E-state index in [9.17, 15) is 9.90 Å². The Bertz CT molecular complexity index is 405. The fourth-order valence-electron chi connectivity index (χ4n) is 2.05. The SMILES string of the molecule is CC(O)(c1cccc(CC(=O)O)c1)C1CC1. The van der Waals surface area contributed by atoms with Gasteiger partial charge in [-0.2, -0.15) is 0 Å². The van der Waals surface area contributed by atoms with Crippen molar-refractivity contribution in [3.05, 3.63) is 35.4 Å². The Morgan fingerprint density at radius 3 is 2.75 bits per heavy atom. The molecular weight excluding hydrogens is 204 g/mol. The third kappa shape index (κ3) is 2.25. The fraction of sp³-hybridized carbons (Fsp3) is 0.462. The van der Waals surface area contributed by atoms with E-state index < -0.39 is 11.6 Å². The van der Waals surface area contributed by atoms with Gasteiger partial charge in [-0.25, -0.2) is 0 Å². The summed E-state index contributed by atoms with van der Waals surface area (Å²) in [7, 11) is 0. The highest BCUT2D eigenvalue weighted by Gasteiger charge is 2.41. The Balaban J connectivity index is 2.24. The highest BCUT2D eigenvalue weighted by molar-refractivity contribution is 5.70. The molecule has 1 aromatic carbocycles. The maximum Gasteiger partial charge on any atom is 0.307 e. The van der Waals surface area contributed by atoms with Crippen molar-refractivity contribution in [1.82, 2.24) is 0 Å². The van der Waals surface area contributed by atoms with Crippen LogP contribution >= 0.6 is 0 Å². The molecule has 0 amide bonds. The van der Waals surface area contributed by atoms with Crippen molar-refractivity contribution >= 4 is 5.97 Å². The van der Waals surface area contributed by atoms with Crippen molar-refractivity contribution in [2.24, 2.45) is 5.92 Å². The first-order valence-electron chi connectivity index (χ1n) is 5.53. The van der Waals surface area contributed by atoms with Gasteiger partial charge in [0.25, 0.3) is 0 Å². The molecule has 16 heavy (non-hydrogen) atoms. The van der Waals surface area contributed by atoms with Crippen LogP contribution in [-0.4, -0.2) is 16.2 Å². The van der Waals surface area contributed by atoms with Crippen molar-refractivity contribution in [2.45, 2.75) is 31.8 Å². The maximum absolute atomic E-state index is 10.6. The molecule has 0 spiro atoms. The Kier molecular flexibility index (Phi) is 2.72. The van der Waals surface area contributed by atoms with Gasteiger partial charge < -0.3 is 10.2 Å². The third-order valence-corrected chi connectivity index (χ3v) is 3.24. The molecule has 2 N–H and O–H groups in total. The van der Waals surface area contributed by atoms with Crippen LogP contribution in [0.4, 0.5) is 0 Å². The van der Waals surface area contributed by atoms with Crippen LogP contribution < -0.4 is 0 Å². The van der Waals surface area contributed by atoms with E-state index in [1.54, 1.807) is 12.1 Å². The minimum Gasteiger partial charge on any atom is -0.481 e. The van der Waals surface area contributed by atoms with Gasteiger partial charge in [-0.05, 0) is 36.8 Å². The first kappa shape index (κ1) is 11.1. The Labute approximate surface area is 94.7 Å². The molecule has 86 valence electrons. The van der Waals surface area contributed by atoms with E-state index in [4.69, 9.17) is 5.11 Å². The molecule has 1 saturated carbocycles. The highest BCUT2D eigenvalue weighted by atomic mass is 16.4. The number of carboxylic acids is 1. The summed E-state index contributed by atoms with van der Waals surface area (Å²) in [4.78, 5) is 10.6. The summed E-state index contributed by atoms with van der Waals surface area (Å²) in [5.74, 6) is -0.518. The predicted octanol–water partition coefficient (Wildman–Crippen LogP) is 1.93. The first-order valence-corrected chi connectivity index (χ1v) is 5.53. The third-order valence-electron chi connectivity index (χ3n) is 3.24. The zero-order valence-corrected chi connectivity index (χ0v) is 9.31. The molecule has 1 atom stereocenters. The number of aliphatic hydroxyl groups is 1. The quantitative estimate of drug-likeness (QED) is 0.815. The van der Waals surface area contributed by atoms with Gasteiger partial charge in [-0.3, -0.25) is 4.79 Å². The summed E-state index contributed by atoms with van der Waals surface area (Å²) >= 11 is 0. The lowest BCUT2D eigenvalue weighted by atomic mass is 9.89. The zero-order chi connectivity index (χ0) is 11.8. The second-order valence-electron chi connectivity index (χ2n) is 4.69. The van der Waals surface area contributed by atoms with Gasteiger partial charge in [-0.1, -0.05) is 24.3 Å². The summed E-state index contributed by atoms with van der Waals surface area (Å²) in [6, 6.07) is 7.25. The van der Waals surface area contributed by atoms with E-state index in [-0.39, 0.29) is 6.42 Å². The molecule has 1 fully saturated rings. The summed E-state index contributed by atoms with van der Waals surface area (Å²) in [5, 5.41) is 19.1. The number of hydrogen-bond donors (Lipinski definition) is 2. The lowest BCUT2D eigenvalue weighted by Gasteiger charge is -2.24. The molecule has 0 bridgehead atoms. The van der Waals surface area contributed by atoms with Crippen LogP contribution in [0.5, 0.6) is 0 Å². The molecule has 0 saturated heterocycles. The van der Waals surface area contributed by atoms with Crippen LogP contribution in [0.25, 0.3) is 0 Å². The second-order valence-corrected chi connectivity index (χ2v) is 4.69. The summed E-state index contributed by atoms with van der Waals surface area (Å²) in [6.07, 6.45) is 2.11. The second kappa shape index (κ2) is 3.91. The molecule has 1 unspecified atom stereocenters. The maximum atomic E-state index is 10.6. The van der Waals surface area contributed by atoms with Gasteiger partial charge in [0, 0.05) is 0 Å². The monoisotopic (exact) mass is 220 g/mol. The molecule has 1 aliphatic carbocycles. The van der Waals surface area contributed by atoms with E-state index in [1.165, 1.54) is 0 Å². The minimum atomic E-state index is -0.844. The predicted molar refractivity (Wildman–Crippen MR) is 60.1 cm³/mol. The van der Waals surface area contributed by atoms with Gasteiger partial charge in [0.15, 0.2) is 0 Å². The molecular formula is C13H16O3. The number of aliphatic carboxylic acids is 1. The zero-order valence-electron chi connectivity index (χ0n) is 9.31. The minimum absolute atomic E-state index is 0.00852. The molecule has 0 radical (unpaired) electrons. The first-order chi connectivity index (χ1) is 7.50. The van der Waals surface area contributed by atoms with E-state index in [2.05, 4.69) is 0 Å². The summed E-state index contributed by atoms with van der Waals surface area (Å²) < 4.78 is 0. The van der Waals surface area contributed by atoms with Crippen LogP contribution in [0.2, 0.25) is 0 Å². The van der Waals surface area contributed by atoms with Crippen molar-refractivity contribution < 1.29 is 15.0 Å². The standard InChI is InChI=1S/C13H16O3/c1-13(16,10-5-6-10)11-4-2-3-9(7-11)8-12(14)15/h2-4,7,10,16H,5-6,8H2,1H3,(H,14,15).